The number of esters is 1. The zero-order valence-electron chi connectivity index (χ0n) is 25.0. The number of rotatable bonds is 8. The highest BCUT2D eigenvalue weighted by molar-refractivity contribution is 5.82. The number of nitrogens with one attached hydrogen (secondary N) is 1. The second-order valence-corrected chi connectivity index (χ2v) is 14.2. The standard InChI is InChI=1S/C34H51NO5/c1-5-24-28-19-22(36)15-17-34(28,4)27-16-18-33(3)25(12-13-26(33)31(27)32(24)39)21(2)11-14-29(37)35-20-30(38)40-23-9-7-6-8-10-23/h6-10,21-22,24-28,31-32,36,39H,5,11-20H2,1-4H3,(H,35,37)/t21-,22-,24-,25-,26+,27+,28?,31+,32-,33-,34-/m1/s1. The molecule has 4 saturated carbocycles. The average Bonchev–Trinajstić information content (AvgIpc) is 3.29. The highest BCUT2D eigenvalue weighted by Crippen LogP contribution is 2.69. The number of fused-ring (bicyclic) bond motifs is 5. The summed E-state index contributed by atoms with van der Waals surface area (Å²) in [4.78, 5) is 24.7. The maximum absolute atomic E-state index is 12.6. The lowest BCUT2D eigenvalue weighted by molar-refractivity contribution is -0.203. The Kier molecular flexibility index (Phi) is 8.69. The summed E-state index contributed by atoms with van der Waals surface area (Å²) in [5.41, 5.74) is 0.405. The molecule has 11 atom stereocenters. The van der Waals surface area contributed by atoms with Gasteiger partial charge in [0.05, 0.1) is 12.2 Å². The second-order valence-electron chi connectivity index (χ2n) is 14.2. The summed E-state index contributed by atoms with van der Waals surface area (Å²) < 4.78 is 5.27. The van der Waals surface area contributed by atoms with E-state index in [2.05, 4.69) is 33.0 Å². The number of ether oxygens (including phenoxy) is 1. The van der Waals surface area contributed by atoms with Crippen LogP contribution in [0.2, 0.25) is 0 Å². The molecule has 1 aromatic carbocycles. The van der Waals surface area contributed by atoms with Crippen molar-refractivity contribution in [1.82, 2.24) is 5.32 Å². The minimum atomic E-state index is -0.463. The van der Waals surface area contributed by atoms with Gasteiger partial charge in [0.15, 0.2) is 0 Å². The Labute approximate surface area is 240 Å². The minimum Gasteiger partial charge on any atom is -0.425 e. The van der Waals surface area contributed by atoms with Crippen LogP contribution in [-0.4, -0.2) is 40.8 Å². The van der Waals surface area contributed by atoms with Crippen LogP contribution in [0.5, 0.6) is 5.75 Å². The molecule has 1 unspecified atom stereocenters. The van der Waals surface area contributed by atoms with Crippen molar-refractivity contribution in [1.29, 1.82) is 0 Å². The van der Waals surface area contributed by atoms with Gasteiger partial charge in [-0.2, -0.15) is 0 Å². The normalized spacial score (nSPS) is 41.2. The number of aliphatic hydroxyl groups excluding tert-OH is 2. The van der Waals surface area contributed by atoms with Crippen molar-refractivity contribution in [2.45, 2.75) is 104 Å². The van der Waals surface area contributed by atoms with E-state index in [-0.39, 0.29) is 41.4 Å². The van der Waals surface area contributed by atoms with Gasteiger partial charge in [-0.1, -0.05) is 52.3 Å². The molecule has 0 bridgehead atoms. The molecule has 4 aliphatic rings. The molecule has 40 heavy (non-hydrogen) atoms. The molecule has 4 fully saturated rings. The first-order chi connectivity index (χ1) is 19.1. The van der Waals surface area contributed by atoms with Crippen molar-refractivity contribution in [3.05, 3.63) is 30.3 Å². The number of hydrogen-bond donors (Lipinski definition) is 3. The number of aliphatic hydroxyl groups is 2. The van der Waals surface area contributed by atoms with E-state index in [0.29, 0.717) is 47.7 Å². The van der Waals surface area contributed by atoms with Crippen molar-refractivity contribution in [2.24, 2.45) is 52.3 Å². The Bertz CT molecular complexity index is 1050. The van der Waals surface area contributed by atoms with Crippen LogP contribution in [0, 0.1) is 52.3 Å². The van der Waals surface area contributed by atoms with Gasteiger partial charge in [-0.15, -0.1) is 0 Å². The van der Waals surface area contributed by atoms with E-state index >= 15 is 0 Å². The molecular formula is C34H51NO5. The molecule has 0 aliphatic heterocycles. The fraction of sp³-hybridized carbons (Fsp3) is 0.765. The quantitative estimate of drug-likeness (QED) is 0.281. The minimum absolute atomic E-state index is 0.104. The largest absolute Gasteiger partial charge is 0.425 e. The SMILES string of the molecule is CC[C@@H]1C2C[C@H](O)CC[C@]2(C)[C@H]2CC[C@]3(C)[C@@H]([C@H](C)CCC(=O)NCC(=O)Oc4ccccc4)CC[C@H]3[C@@H]2[C@@H]1O. The second kappa shape index (κ2) is 11.8. The zero-order chi connectivity index (χ0) is 28.7. The summed E-state index contributed by atoms with van der Waals surface area (Å²) >= 11 is 0. The number of hydrogen-bond acceptors (Lipinski definition) is 5. The zero-order valence-corrected chi connectivity index (χ0v) is 25.0. The van der Waals surface area contributed by atoms with Gasteiger partial charge in [0.25, 0.3) is 0 Å². The van der Waals surface area contributed by atoms with Crippen LogP contribution in [0.4, 0.5) is 0 Å². The predicted octanol–water partition coefficient (Wildman–Crippen LogP) is 5.75. The van der Waals surface area contributed by atoms with Gasteiger partial charge >= 0.3 is 5.97 Å². The maximum Gasteiger partial charge on any atom is 0.330 e. The van der Waals surface area contributed by atoms with Crippen molar-refractivity contribution < 1.29 is 24.5 Å². The van der Waals surface area contributed by atoms with Crippen LogP contribution < -0.4 is 10.1 Å². The van der Waals surface area contributed by atoms with Gasteiger partial charge in [-0.25, -0.2) is 4.79 Å². The number of benzene rings is 1. The average molecular weight is 554 g/mol. The lowest BCUT2D eigenvalue weighted by Gasteiger charge is -2.64. The van der Waals surface area contributed by atoms with Gasteiger partial charge in [-0.3, -0.25) is 4.79 Å². The molecule has 222 valence electrons. The Morgan fingerprint density at radius 3 is 2.42 bits per heavy atom. The molecular weight excluding hydrogens is 502 g/mol. The molecule has 1 aromatic rings. The molecule has 6 nitrogen and oxygen atoms in total. The first kappa shape index (κ1) is 29.6. The summed E-state index contributed by atoms with van der Waals surface area (Å²) in [6.07, 6.45) is 9.23. The van der Waals surface area contributed by atoms with E-state index in [1.807, 2.05) is 6.07 Å². The van der Waals surface area contributed by atoms with Crippen molar-refractivity contribution in [3.63, 3.8) is 0 Å². The third kappa shape index (κ3) is 5.35. The topological polar surface area (TPSA) is 95.9 Å². The van der Waals surface area contributed by atoms with Gasteiger partial charge in [0.2, 0.25) is 5.91 Å². The highest BCUT2D eigenvalue weighted by Gasteiger charge is 2.64. The summed E-state index contributed by atoms with van der Waals surface area (Å²) in [6, 6.07) is 8.90. The van der Waals surface area contributed by atoms with E-state index in [9.17, 15) is 19.8 Å². The van der Waals surface area contributed by atoms with Crippen molar-refractivity contribution in [3.8, 4) is 5.75 Å². The molecule has 6 heteroatoms. The Morgan fingerprint density at radius 2 is 1.70 bits per heavy atom. The fourth-order valence-electron chi connectivity index (χ4n) is 10.4. The van der Waals surface area contributed by atoms with E-state index in [1.165, 1.54) is 25.7 Å². The summed E-state index contributed by atoms with van der Waals surface area (Å²) in [7, 11) is 0. The molecule has 0 radical (unpaired) electrons. The first-order valence-corrected chi connectivity index (χ1v) is 16.0. The maximum atomic E-state index is 12.6. The Balaban J connectivity index is 1.19. The Hall–Kier alpha value is -1.92. The van der Waals surface area contributed by atoms with Gasteiger partial charge in [-0.05, 0) is 116 Å². The van der Waals surface area contributed by atoms with Gasteiger partial charge < -0.3 is 20.3 Å². The van der Waals surface area contributed by atoms with Crippen LogP contribution in [-0.2, 0) is 9.59 Å². The predicted molar refractivity (Wildman–Crippen MR) is 155 cm³/mol. The molecule has 3 N–H and O–H groups in total. The monoisotopic (exact) mass is 553 g/mol. The third-order valence-corrected chi connectivity index (χ3v) is 12.4. The number of amides is 1. The van der Waals surface area contributed by atoms with E-state index < -0.39 is 5.97 Å². The summed E-state index contributed by atoms with van der Waals surface area (Å²) in [5, 5.41) is 25.2. The van der Waals surface area contributed by atoms with Crippen molar-refractivity contribution >= 4 is 11.9 Å². The third-order valence-electron chi connectivity index (χ3n) is 12.4. The molecule has 4 aliphatic carbocycles. The van der Waals surface area contributed by atoms with E-state index in [4.69, 9.17) is 4.74 Å². The lowest BCUT2D eigenvalue weighted by atomic mass is 9.41. The summed E-state index contributed by atoms with van der Waals surface area (Å²) in [6.45, 7) is 9.37. The fourth-order valence-corrected chi connectivity index (χ4v) is 10.4. The van der Waals surface area contributed by atoms with E-state index in [1.54, 1.807) is 24.3 Å². The smallest absolute Gasteiger partial charge is 0.330 e. The Morgan fingerprint density at radius 1 is 1.00 bits per heavy atom. The van der Waals surface area contributed by atoms with E-state index in [0.717, 1.165) is 32.1 Å². The van der Waals surface area contributed by atoms with Gasteiger partial charge in [0.1, 0.15) is 12.3 Å². The molecule has 0 saturated heterocycles. The van der Waals surface area contributed by atoms with Crippen LogP contribution in [0.3, 0.4) is 0 Å². The summed E-state index contributed by atoms with van der Waals surface area (Å²) in [5.74, 6) is 2.96. The highest BCUT2D eigenvalue weighted by atomic mass is 16.5. The number of carbonyl (C=O) groups is 2. The lowest BCUT2D eigenvalue weighted by Crippen LogP contribution is -2.62. The van der Waals surface area contributed by atoms with Gasteiger partial charge in [0, 0.05) is 6.42 Å². The molecule has 5 rings (SSSR count). The van der Waals surface area contributed by atoms with Crippen LogP contribution in [0.25, 0.3) is 0 Å². The molecule has 0 aromatic heterocycles. The van der Waals surface area contributed by atoms with Crippen LogP contribution >= 0.6 is 0 Å². The number of para-hydroxylation sites is 1. The molecule has 0 heterocycles. The van der Waals surface area contributed by atoms with Crippen molar-refractivity contribution in [2.75, 3.05) is 6.54 Å². The van der Waals surface area contributed by atoms with Crippen LogP contribution in [0.1, 0.15) is 91.9 Å². The van der Waals surface area contributed by atoms with Crippen LogP contribution in [0.15, 0.2) is 30.3 Å². The first-order valence-electron chi connectivity index (χ1n) is 16.0. The molecule has 1 amide bonds. The molecule has 0 spiro atoms. The number of carbonyl (C=O) groups excluding carboxylic acids is 2.